The number of halogens is 3. The molecule has 1 aliphatic rings. The Kier molecular flexibility index (Phi) is 9.40. The van der Waals surface area contributed by atoms with E-state index in [0.29, 0.717) is 19.6 Å². The Balaban J connectivity index is 1.58. The van der Waals surface area contributed by atoms with Gasteiger partial charge in [0.2, 0.25) is 0 Å². The third kappa shape index (κ3) is 8.19. The van der Waals surface area contributed by atoms with Gasteiger partial charge in [-0.3, -0.25) is 0 Å². The average molecular weight is 489 g/mol. The molecule has 188 valence electrons. The van der Waals surface area contributed by atoms with Crippen molar-refractivity contribution in [1.29, 1.82) is 0 Å². The van der Waals surface area contributed by atoms with Crippen LogP contribution in [0.2, 0.25) is 0 Å². The molecule has 35 heavy (non-hydrogen) atoms. The molecule has 0 saturated heterocycles. The number of allylic oxidation sites excluding steroid dienone is 1. The van der Waals surface area contributed by atoms with Gasteiger partial charge in [-0.25, -0.2) is 4.79 Å². The number of hydrogen-bond donors (Lipinski definition) is 0. The second-order valence-corrected chi connectivity index (χ2v) is 8.38. The first-order chi connectivity index (χ1) is 16.8. The number of aryl methyl sites for hydroxylation is 2. The summed E-state index contributed by atoms with van der Waals surface area (Å²) >= 11 is 0. The van der Waals surface area contributed by atoms with Crippen molar-refractivity contribution in [3.05, 3.63) is 71.3 Å². The maximum absolute atomic E-state index is 12.6. The normalized spacial score (nSPS) is 13.0. The number of esters is 1. The molecular weight excluding hydrogens is 457 g/mol. The minimum atomic E-state index is -4.70. The minimum absolute atomic E-state index is 0.191. The first-order valence-electron chi connectivity index (χ1n) is 11.9. The molecule has 0 unspecified atom stereocenters. The van der Waals surface area contributed by atoms with E-state index in [9.17, 15) is 18.0 Å². The van der Waals surface area contributed by atoms with Gasteiger partial charge in [0, 0.05) is 6.08 Å². The third-order valence-electron chi connectivity index (χ3n) is 5.87. The van der Waals surface area contributed by atoms with E-state index >= 15 is 0 Å². The molecule has 3 rings (SSSR count). The van der Waals surface area contributed by atoms with Crippen LogP contribution in [0.1, 0.15) is 61.3 Å². The standard InChI is InChI=1S/C28H31F3O4/c1-3-20-18-25(35-28(29,30)31)13-14-26(20)22-10-9-21-11-12-24(19-23(21)17-22)33-15-7-5-6-8-16-34-27(32)4-2/h4,11-14,17-19H,2-3,5-10,15-16H2,1H3. The number of fused-ring (bicyclic) bond motifs is 1. The summed E-state index contributed by atoms with van der Waals surface area (Å²) in [5.41, 5.74) is 5.18. The second-order valence-electron chi connectivity index (χ2n) is 8.38. The van der Waals surface area contributed by atoms with Crippen molar-refractivity contribution >= 4 is 17.6 Å². The molecule has 0 heterocycles. The topological polar surface area (TPSA) is 44.8 Å². The lowest BCUT2D eigenvalue weighted by Crippen LogP contribution is -2.17. The van der Waals surface area contributed by atoms with Crippen LogP contribution >= 0.6 is 0 Å². The number of unbranched alkanes of at least 4 members (excludes halogenated alkanes) is 3. The summed E-state index contributed by atoms with van der Waals surface area (Å²) in [6, 6.07) is 10.6. The minimum Gasteiger partial charge on any atom is -0.494 e. The van der Waals surface area contributed by atoms with Gasteiger partial charge in [0.15, 0.2) is 0 Å². The summed E-state index contributed by atoms with van der Waals surface area (Å²) in [4.78, 5) is 11.0. The van der Waals surface area contributed by atoms with Crippen LogP contribution in [0.3, 0.4) is 0 Å². The maximum Gasteiger partial charge on any atom is 0.573 e. The van der Waals surface area contributed by atoms with Gasteiger partial charge < -0.3 is 14.2 Å². The number of carbonyl (C=O) groups excluding carboxylic acids is 1. The molecule has 0 bridgehead atoms. The van der Waals surface area contributed by atoms with Crippen molar-refractivity contribution in [1.82, 2.24) is 0 Å². The summed E-state index contributed by atoms with van der Waals surface area (Å²) in [6.07, 6.45) is 4.51. The van der Waals surface area contributed by atoms with Crippen LogP contribution in [0.5, 0.6) is 11.5 Å². The zero-order valence-electron chi connectivity index (χ0n) is 20.0. The Bertz CT molecular complexity index is 1060. The van der Waals surface area contributed by atoms with Crippen molar-refractivity contribution in [2.75, 3.05) is 13.2 Å². The van der Waals surface area contributed by atoms with Gasteiger partial charge in [0.1, 0.15) is 11.5 Å². The Hall–Kier alpha value is -3.22. The van der Waals surface area contributed by atoms with Crippen LogP contribution in [-0.2, 0) is 22.4 Å². The first-order valence-corrected chi connectivity index (χ1v) is 11.9. The molecule has 7 heteroatoms. The summed E-state index contributed by atoms with van der Waals surface area (Å²) in [5.74, 6) is 0.213. The van der Waals surface area contributed by atoms with Crippen molar-refractivity contribution in [3.63, 3.8) is 0 Å². The largest absolute Gasteiger partial charge is 0.573 e. The highest BCUT2D eigenvalue weighted by molar-refractivity contribution is 5.86. The van der Waals surface area contributed by atoms with Gasteiger partial charge in [0.05, 0.1) is 13.2 Å². The Morgan fingerprint density at radius 1 is 1.00 bits per heavy atom. The van der Waals surface area contributed by atoms with E-state index in [-0.39, 0.29) is 5.75 Å². The molecular formula is C28H31F3O4. The van der Waals surface area contributed by atoms with Crippen LogP contribution in [0.4, 0.5) is 13.2 Å². The highest BCUT2D eigenvalue weighted by Crippen LogP contribution is 2.36. The van der Waals surface area contributed by atoms with Crippen molar-refractivity contribution < 1.29 is 32.2 Å². The zero-order chi connectivity index (χ0) is 25.3. The monoisotopic (exact) mass is 488 g/mol. The molecule has 0 N–H and O–H groups in total. The van der Waals surface area contributed by atoms with Gasteiger partial charge in [0.25, 0.3) is 0 Å². The zero-order valence-corrected chi connectivity index (χ0v) is 20.0. The lowest BCUT2D eigenvalue weighted by atomic mass is 9.86. The van der Waals surface area contributed by atoms with Crippen LogP contribution in [0, 0.1) is 0 Å². The fraction of sp³-hybridized carbons (Fsp3) is 0.393. The molecule has 0 radical (unpaired) electrons. The van der Waals surface area contributed by atoms with Gasteiger partial charge in [-0.05, 0) is 97.0 Å². The lowest BCUT2D eigenvalue weighted by molar-refractivity contribution is -0.274. The van der Waals surface area contributed by atoms with E-state index < -0.39 is 12.3 Å². The first kappa shape index (κ1) is 26.4. The van der Waals surface area contributed by atoms with E-state index in [1.54, 1.807) is 6.07 Å². The molecule has 0 fully saturated rings. The number of ether oxygens (including phenoxy) is 3. The van der Waals surface area contributed by atoms with Gasteiger partial charge in [-0.1, -0.05) is 31.7 Å². The highest BCUT2D eigenvalue weighted by Gasteiger charge is 2.31. The van der Waals surface area contributed by atoms with Crippen LogP contribution in [0.25, 0.3) is 11.6 Å². The summed E-state index contributed by atoms with van der Waals surface area (Å²) in [6.45, 7) is 6.29. The molecule has 0 amide bonds. The van der Waals surface area contributed by atoms with Crippen LogP contribution in [0.15, 0.2) is 49.1 Å². The molecule has 4 nitrogen and oxygen atoms in total. The van der Waals surface area contributed by atoms with Crippen molar-refractivity contribution in [3.8, 4) is 11.5 Å². The number of rotatable bonds is 12. The van der Waals surface area contributed by atoms with Gasteiger partial charge in [-0.2, -0.15) is 0 Å². The van der Waals surface area contributed by atoms with Crippen LogP contribution in [-0.4, -0.2) is 25.5 Å². The third-order valence-corrected chi connectivity index (χ3v) is 5.87. The number of benzene rings is 2. The fourth-order valence-corrected chi connectivity index (χ4v) is 4.12. The second kappa shape index (κ2) is 12.5. The number of alkyl halides is 3. The van der Waals surface area contributed by atoms with Crippen molar-refractivity contribution in [2.45, 2.75) is 58.2 Å². The Morgan fingerprint density at radius 2 is 1.74 bits per heavy atom. The van der Waals surface area contributed by atoms with E-state index in [2.05, 4.69) is 23.5 Å². The Morgan fingerprint density at radius 3 is 2.46 bits per heavy atom. The van der Waals surface area contributed by atoms with E-state index in [1.807, 2.05) is 19.1 Å². The van der Waals surface area contributed by atoms with E-state index in [1.165, 1.54) is 17.7 Å². The molecule has 0 saturated carbocycles. The summed E-state index contributed by atoms with van der Waals surface area (Å²) in [5, 5.41) is 0. The highest BCUT2D eigenvalue weighted by atomic mass is 19.4. The quantitative estimate of drug-likeness (QED) is 0.179. The van der Waals surface area contributed by atoms with E-state index in [4.69, 9.17) is 9.47 Å². The molecule has 2 aromatic rings. The number of hydrogen-bond acceptors (Lipinski definition) is 4. The smallest absolute Gasteiger partial charge is 0.494 e. The molecule has 0 aromatic heterocycles. The SMILES string of the molecule is C=CC(=O)OCCCCCCOc1ccc2c(c1)C=C(c1ccc(OC(F)(F)F)cc1CC)CC2. The number of carbonyl (C=O) groups is 1. The van der Waals surface area contributed by atoms with E-state index in [0.717, 1.165) is 72.6 Å². The van der Waals surface area contributed by atoms with Gasteiger partial charge in [-0.15, -0.1) is 13.2 Å². The predicted molar refractivity (Wildman–Crippen MR) is 130 cm³/mol. The molecule has 0 atom stereocenters. The molecule has 0 aliphatic heterocycles. The Labute approximate surface area is 204 Å². The summed E-state index contributed by atoms with van der Waals surface area (Å²) < 4.78 is 52.7. The van der Waals surface area contributed by atoms with Gasteiger partial charge >= 0.3 is 12.3 Å². The molecule has 0 spiro atoms. The lowest BCUT2D eigenvalue weighted by Gasteiger charge is -2.20. The maximum atomic E-state index is 12.6. The average Bonchev–Trinajstić information content (AvgIpc) is 2.83. The molecule has 1 aliphatic carbocycles. The van der Waals surface area contributed by atoms with Crippen molar-refractivity contribution in [2.24, 2.45) is 0 Å². The van der Waals surface area contributed by atoms with Crippen LogP contribution < -0.4 is 9.47 Å². The fourth-order valence-electron chi connectivity index (χ4n) is 4.12. The molecule has 2 aromatic carbocycles. The summed E-state index contributed by atoms with van der Waals surface area (Å²) in [7, 11) is 0. The predicted octanol–water partition coefficient (Wildman–Crippen LogP) is 7.30.